The number of piperidine rings is 1. The second kappa shape index (κ2) is 3.45. The minimum atomic E-state index is -0.708. The first-order chi connectivity index (χ1) is 7.72. The van der Waals surface area contributed by atoms with Crippen molar-refractivity contribution in [1.82, 2.24) is 4.90 Å². The van der Waals surface area contributed by atoms with Crippen LogP contribution >= 0.6 is 0 Å². The monoisotopic (exact) mass is 220 g/mol. The fourth-order valence-electron chi connectivity index (χ4n) is 4.01. The van der Waals surface area contributed by atoms with Crippen LogP contribution in [-0.2, 0) is 0 Å². The smallest absolute Gasteiger partial charge is 0.0999 e. The highest BCUT2D eigenvalue weighted by molar-refractivity contribution is 5.21. The summed E-state index contributed by atoms with van der Waals surface area (Å²) in [4.78, 5) is 2.42. The van der Waals surface area contributed by atoms with E-state index in [1.54, 1.807) is 0 Å². The third-order valence-electron chi connectivity index (χ3n) is 5.19. The third kappa shape index (κ3) is 1.15. The molecule has 3 nitrogen and oxygen atoms in total. The van der Waals surface area contributed by atoms with Gasteiger partial charge in [0.25, 0.3) is 0 Å². The molecule has 0 radical (unpaired) electrons. The molecule has 0 aromatic heterocycles. The fourth-order valence-corrected chi connectivity index (χ4v) is 4.01. The summed E-state index contributed by atoms with van der Waals surface area (Å²) in [6.45, 7) is 2.11. The average molecular weight is 220 g/mol. The lowest BCUT2D eigenvalue weighted by Crippen LogP contribution is -2.59. The van der Waals surface area contributed by atoms with Crippen molar-refractivity contribution >= 4 is 0 Å². The van der Waals surface area contributed by atoms with Gasteiger partial charge in [-0.1, -0.05) is 12.8 Å². The molecule has 0 amide bonds. The molecule has 3 rings (SSSR count). The summed E-state index contributed by atoms with van der Waals surface area (Å²) in [5, 5.41) is 20.4. The van der Waals surface area contributed by atoms with Crippen LogP contribution in [0.4, 0.5) is 0 Å². The van der Waals surface area contributed by atoms with Gasteiger partial charge >= 0.3 is 0 Å². The highest BCUT2D eigenvalue weighted by Crippen LogP contribution is 2.55. The maximum absolute atomic E-state index is 11.0. The van der Waals surface area contributed by atoms with Crippen LogP contribution in [0, 0.1) is 16.7 Å². The van der Waals surface area contributed by atoms with Crippen LogP contribution in [0.3, 0.4) is 0 Å². The van der Waals surface area contributed by atoms with Gasteiger partial charge in [0.05, 0.1) is 17.1 Å². The molecule has 2 unspecified atom stereocenters. The molecule has 3 heteroatoms. The first-order valence-corrected chi connectivity index (χ1v) is 6.60. The van der Waals surface area contributed by atoms with Crippen molar-refractivity contribution in [1.29, 1.82) is 5.26 Å². The van der Waals surface area contributed by atoms with Crippen LogP contribution in [0.2, 0.25) is 0 Å². The van der Waals surface area contributed by atoms with Crippen LogP contribution in [0.5, 0.6) is 0 Å². The number of rotatable bonds is 1. The molecule has 3 fully saturated rings. The summed E-state index contributed by atoms with van der Waals surface area (Å²) < 4.78 is 0. The molecule has 88 valence electrons. The number of fused-ring (bicyclic) bond motifs is 1. The molecule has 2 heterocycles. The number of nitrogens with zero attached hydrogens (tertiary/aromatic N) is 2. The Morgan fingerprint density at radius 3 is 2.56 bits per heavy atom. The lowest BCUT2D eigenvalue weighted by Gasteiger charge is -2.51. The molecule has 0 aromatic rings. The zero-order valence-electron chi connectivity index (χ0n) is 9.78. The van der Waals surface area contributed by atoms with Crippen molar-refractivity contribution in [3.63, 3.8) is 0 Å². The molecule has 2 aliphatic heterocycles. The van der Waals surface area contributed by atoms with Crippen LogP contribution in [-0.4, -0.2) is 34.7 Å². The molecule has 1 saturated carbocycles. The lowest BCUT2D eigenvalue weighted by atomic mass is 9.56. The number of hydrogen-bond acceptors (Lipinski definition) is 3. The Morgan fingerprint density at radius 1 is 1.12 bits per heavy atom. The van der Waals surface area contributed by atoms with Gasteiger partial charge in [0.1, 0.15) is 0 Å². The molecule has 16 heavy (non-hydrogen) atoms. The Hall–Kier alpha value is -0.590. The summed E-state index contributed by atoms with van der Waals surface area (Å²) in [5.74, 6) is 0. The summed E-state index contributed by atoms with van der Waals surface area (Å²) in [6.07, 6.45) is 7.29. The maximum Gasteiger partial charge on any atom is 0.0999 e. The minimum absolute atomic E-state index is 0.265. The summed E-state index contributed by atoms with van der Waals surface area (Å²) >= 11 is 0. The van der Waals surface area contributed by atoms with Crippen molar-refractivity contribution in [2.24, 2.45) is 5.41 Å². The second-order valence-corrected chi connectivity index (χ2v) is 5.77. The predicted molar refractivity (Wildman–Crippen MR) is 60.7 cm³/mol. The largest absolute Gasteiger partial charge is 0.387 e. The van der Waals surface area contributed by atoms with Gasteiger partial charge in [-0.05, 0) is 38.6 Å². The quantitative estimate of drug-likeness (QED) is 0.731. The van der Waals surface area contributed by atoms with Crippen molar-refractivity contribution < 1.29 is 5.11 Å². The molecule has 0 spiro atoms. The van der Waals surface area contributed by atoms with E-state index in [0.717, 1.165) is 45.2 Å². The molecule has 1 N–H and O–H groups in total. The molecular formula is C13H20N2O. The Labute approximate surface area is 97.0 Å². The van der Waals surface area contributed by atoms with Gasteiger partial charge in [-0.3, -0.25) is 4.90 Å². The van der Waals surface area contributed by atoms with E-state index < -0.39 is 11.0 Å². The predicted octanol–water partition coefficient (Wildman–Crippen LogP) is 1.67. The average Bonchev–Trinajstić information content (AvgIpc) is 2.58. The van der Waals surface area contributed by atoms with Crippen LogP contribution < -0.4 is 0 Å². The zero-order chi connectivity index (χ0) is 11.2. The standard InChI is InChI=1S/C13H20N2O/c14-10-12(5-3-6-12)13(16)7-9-15-8-2-1-4-11(13)15/h11,16H,1-9H2. The number of hydrogen-bond donors (Lipinski definition) is 1. The van der Waals surface area contributed by atoms with Crippen molar-refractivity contribution in [3.05, 3.63) is 0 Å². The van der Waals surface area contributed by atoms with E-state index in [1.807, 2.05) is 0 Å². The molecule has 1 aliphatic carbocycles. The Bertz CT molecular complexity index is 331. The van der Waals surface area contributed by atoms with Crippen LogP contribution in [0.1, 0.15) is 44.9 Å². The first-order valence-electron chi connectivity index (χ1n) is 6.60. The van der Waals surface area contributed by atoms with E-state index in [-0.39, 0.29) is 6.04 Å². The van der Waals surface area contributed by atoms with E-state index in [4.69, 9.17) is 0 Å². The van der Waals surface area contributed by atoms with Crippen LogP contribution in [0.15, 0.2) is 0 Å². The summed E-state index contributed by atoms with van der Waals surface area (Å²) in [6, 6.07) is 2.72. The molecule has 2 saturated heterocycles. The maximum atomic E-state index is 11.0. The van der Waals surface area contributed by atoms with Crippen molar-refractivity contribution in [2.45, 2.75) is 56.6 Å². The molecule has 0 aromatic carbocycles. The Kier molecular flexibility index (Phi) is 2.28. The second-order valence-electron chi connectivity index (χ2n) is 5.77. The Balaban J connectivity index is 1.90. The summed E-state index contributed by atoms with van der Waals surface area (Å²) in [7, 11) is 0. The van der Waals surface area contributed by atoms with Gasteiger partial charge < -0.3 is 5.11 Å². The first kappa shape index (κ1) is 10.6. The molecular weight excluding hydrogens is 200 g/mol. The van der Waals surface area contributed by atoms with Crippen LogP contribution in [0.25, 0.3) is 0 Å². The van der Waals surface area contributed by atoms with E-state index >= 15 is 0 Å². The highest BCUT2D eigenvalue weighted by Gasteiger charge is 2.62. The third-order valence-corrected chi connectivity index (χ3v) is 5.19. The Morgan fingerprint density at radius 2 is 1.94 bits per heavy atom. The van der Waals surface area contributed by atoms with Crippen molar-refractivity contribution in [2.75, 3.05) is 13.1 Å². The van der Waals surface area contributed by atoms with Gasteiger partial charge in [0.2, 0.25) is 0 Å². The van der Waals surface area contributed by atoms with Gasteiger partial charge in [0, 0.05) is 12.6 Å². The van der Waals surface area contributed by atoms with Gasteiger partial charge in [-0.15, -0.1) is 0 Å². The minimum Gasteiger partial charge on any atom is -0.387 e. The fraction of sp³-hybridized carbons (Fsp3) is 0.923. The molecule has 0 bridgehead atoms. The SMILES string of the molecule is N#CC1(C2(O)CCN3CCCCC32)CCC1. The molecule has 2 atom stereocenters. The highest BCUT2D eigenvalue weighted by atomic mass is 16.3. The molecule has 3 aliphatic rings. The van der Waals surface area contributed by atoms with E-state index in [0.29, 0.717) is 0 Å². The number of aliphatic hydroxyl groups is 1. The van der Waals surface area contributed by atoms with Gasteiger partial charge in [-0.25, -0.2) is 0 Å². The van der Waals surface area contributed by atoms with E-state index in [2.05, 4.69) is 11.0 Å². The summed E-state index contributed by atoms with van der Waals surface area (Å²) in [5.41, 5.74) is -1.12. The van der Waals surface area contributed by atoms with Gasteiger partial charge in [-0.2, -0.15) is 5.26 Å². The number of nitriles is 1. The van der Waals surface area contributed by atoms with E-state index in [1.165, 1.54) is 12.8 Å². The van der Waals surface area contributed by atoms with Crippen molar-refractivity contribution in [3.8, 4) is 6.07 Å². The van der Waals surface area contributed by atoms with Gasteiger partial charge in [0.15, 0.2) is 0 Å². The lowest BCUT2D eigenvalue weighted by molar-refractivity contribution is -0.119. The normalized spacial score (nSPS) is 42.1. The zero-order valence-corrected chi connectivity index (χ0v) is 9.78. The van der Waals surface area contributed by atoms with E-state index in [9.17, 15) is 10.4 Å². The topological polar surface area (TPSA) is 47.3 Å².